The summed E-state index contributed by atoms with van der Waals surface area (Å²) in [6.07, 6.45) is 1.45. The zero-order chi connectivity index (χ0) is 15.6. The van der Waals surface area contributed by atoms with E-state index in [9.17, 15) is 4.39 Å². The van der Waals surface area contributed by atoms with E-state index in [2.05, 4.69) is 49.3 Å². The first-order valence-electron chi connectivity index (χ1n) is 6.59. The largest absolute Gasteiger partial charge is 0.271 e. The van der Waals surface area contributed by atoms with E-state index in [4.69, 9.17) is 5.84 Å². The van der Waals surface area contributed by atoms with Crippen molar-refractivity contribution in [2.45, 2.75) is 25.8 Å². The molecule has 0 aliphatic carbocycles. The molecule has 0 aliphatic heterocycles. The molecule has 2 aromatic rings. The summed E-state index contributed by atoms with van der Waals surface area (Å²) in [7, 11) is 1.90. The number of hydrogen-bond acceptors (Lipinski definition) is 3. The lowest BCUT2D eigenvalue weighted by Gasteiger charge is -2.18. The van der Waals surface area contributed by atoms with Gasteiger partial charge in [-0.15, -0.1) is 0 Å². The number of aromatic nitrogens is 2. The first-order valence-corrected chi connectivity index (χ1v) is 8.18. The lowest BCUT2D eigenvalue weighted by Crippen LogP contribution is -2.30. The van der Waals surface area contributed by atoms with E-state index in [0.717, 1.165) is 27.8 Å². The third kappa shape index (κ3) is 3.36. The fourth-order valence-electron chi connectivity index (χ4n) is 2.28. The Morgan fingerprint density at radius 1 is 1.38 bits per heavy atom. The summed E-state index contributed by atoms with van der Waals surface area (Å²) < 4.78 is 16.9. The lowest BCUT2D eigenvalue weighted by atomic mass is 10.0. The highest BCUT2D eigenvalue weighted by Crippen LogP contribution is 2.30. The minimum atomic E-state index is -0.300. The summed E-state index contributed by atoms with van der Waals surface area (Å²) >= 11 is 6.87. The molecule has 114 valence electrons. The van der Waals surface area contributed by atoms with Crippen molar-refractivity contribution < 1.29 is 4.39 Å². The van der Waals surface area contributed by atoms with E-state index in [1.807, 2.05) is 17.8 Å². The molecule has 0 radical (unpaired) electrons. The molecule has 7 heteroatoms. The molecular formula is C14H17Br2FN4. The number of nitrogens with one attached hydrogen (secondary N) is 1. The zero-order valence-electron chi connectivity index (χ0n) is 11.8. The Morgan fingerprint density at radius 3 is 2.67 bits per heavy atom. The van der Waals surface area contributed by atoms with Crippen LogP contribution in [0, 0.1) is 5.82 Å². The summed E-state index contributed by atoms with van der Waals surface area (Å²) in [5.74, 6) is 5.37. The third-order valence-electron chi connectivity index (χ3n) is 3.46. The van der Waals surface area contributed by atoms with Crippen LogP contribution in [-0.2, 0) is 19.9 Å². The predicted molar refractivity (Wildman–Crippen MR) is 88.2 cm³/mol. The van der Waals surface area contributed by atoms with Crippen LogP contribution in [0.1, 0.15) is 29.9 Å². The maximum absolute atomic E-state index is 13.7. The second-order valence-corrected chi connectivity index (χ2v) is 6.34. The van der Waals surface area contributed by atoms with E-state index in [-0.39, 0.29) is 11.9 Å². The highest BCUT2D eigenvalue weighted by atomic mass is 79.9. The number of rotatable bonds is 5. The third-order valence-corrected chi connectivity index (χ3v) is 5.21. The van der Waals surface area contributed by atoms with Crippen LogP contribution in [0.2, 0.25) is 0 Å². The predicted octanol–water partition coefficient (Wildman–Crippen LogP) is 3.39. The Morgan fingerprint density at radius 2 is 2.10 bits per heavy atom. The van der Waals surface area contributed by atoms with Gasteiger partial charge >= 0.3 is 0 Å². The molecule has 1 atom stereocenters. The van der Waals surface area contributed by atoms with Gasteiger partial charge in [0.25, 0.3) is 0 Å². The highest BCUT2D eigenvalue weighted by molar-refractivity contribution is 9.10. The Hall–Kier alpha value is -0.760. The molecule has 0 aliphatic rings. The maximum atomic E-state index is 13.7. The Labute approximate surface area is 140 Å². The van der Waals surface area contributed by atoms with Crippen molar-refractivity contribution in [1.29, 1.82) is 0 Å². The average Bonchev–Trinajstić information content (AvgIpc) is 2.74. The molecule has 0 fully saturated rings. The molecule has 0 amide bonds. The smallest absolute Gasteiger partial charge is 0.137 e. The first-order chi connectivity index (χ1) is 9.99. The van der Waals surface area contributed by atoms with Crippen LogP contribution in [0.5, 0.6) is 0 Å². The molecule has 1 unspecified atom stereocenters. The van der Waals surface area contributed by atoms with Crippen LogP contribution in [0.4, 0.5) is 4.39 Å². The molecular weight excluding hydrogens is 403 g/mol. The van der Waals surface area contributed by atoms with Gasteiger partial charge in [-0.2, -0.15) is 5.10 Å². The molecule has 0 spiro atoms. The lowest BCUT2D eigenvalue weighted by molar-refractivity contribution is 0.521. The van der Waals surface area contributed by atoms with Gasteiger partial charge in [-0.3, -0.25) is 16.0 Å². The molecule has 1 heterocycles. The number of benzene rings is 1. The highest BCUT2D eigenvalue weighted by Gasteiger charge is 2.20. The van der Waals surface area contributed by atoms with Gasteiger partial charge in [0.05, 0.1) is 26.4 Å². The number of halogens is 3. The Bertz CT molecular complexity index is 642. The van der Waals surface area contributed by atoms with Crippen LogP contribution in [0.15, 0.2) is 27.1 Å². The number of nitrogens with two attached hydrogens (primary N) is 1. The molecule has 0 saturated heterocycles. The normalized spacial score (nSPS) is 12.7. The number of hydrogen-bond donors (Lipinski definition) is 2. The van der Waals surface area contributed by atoms with Gasteiger partial charge in [0.1, 0.15) is 5.82 Å². The van der Waals surface area contributed by atoms with Crippen LogP contribution < -0.4 is 11.3 Å². The Kier molecular flexibility index (Phi) is 5.54. The number of nitrogens with zero attached hydrogens (tertiary/aromatic N) is 2. The monoisotopic (exact) mass is 418 g/mol. The molecule has 1 aromatic carbocycles. The van der Waals surface area contributed by atoms with Crippen molar-refractivity contribution in [2.75, 3.05) is 0 Å². The van der Waals surface area contributed by atoms with E-state index in [1.165, 1.54) is 6.07 Å². The van der Waals surface area contributed by atoms with E-state index in [1.54, 1.807) is 6.07 Å². The zero-order valence-corrected chi connectivity index (χ0v) is 15.0. The number of aryl methyl sites for hydroxylation is 2. The van der Waals surface area contributed by atoms with Gasteiger partial charge in [0.15, 0.2) is 0 Å². The summed E-state index contributed by atoms with van der Waals surface area (Å²) in [6.45, 7) is 2.05. The van der Waals surface area contributed by atoms with Crippen molar-refractivity contribution in [3.8, 4) is 0 Å². The van der Waals surface area contributed by atoms with E-state index in [0.29, 0.717) is 10.9 Å². The first kappa shape index (κ1) is 16.6. The second-order valence-electron chi connectivity index (χ2n) is 4.75. The molecule has 4 nitrogen and oxygen atoms in total. The van der Waals surface area contributed by atoms with Crippen molar-refractivity contribution in [3.63, 3.8) is 0 Å². The van der Waals surface area contributed by atoms with Gasteiger partial charge in [-0.25, -0.2) is 4.39 Å². The average molecular weight is 420 g/mol. The van der Waals surface area contributed by atoms with Crippen LogP contribution >= 0.6 is 31.9 Å². The van der Waals surface area contributed by atoms with Gasteiger partial charge in [0.2, 0.25) is 0 Å². The van der Waals surface area contributed by atoms with E-state index >= 15 is 0 Å². The molecule has 3 N–H and O–H groups in total. The second kappa shape index (κ2) is 7.00. The standard InChI is InChI=1S/C14H17Br2FN4/c1-3-10-14(16)12(21(2)20-10)7-11(19-18)8-5-4-6-9(17)13(8)15/h4-6,11,19H,3,7,18H2,1-2H3. The van der Waals surface area contributed by atoms with Crippen molar-refractivity contribution in [2.24, 2.45) is 12.9 Å². The van der Waals surface area contributed by atoms with Crippen LogP contribution in [0.3, 0.4) is 0 Å². The van der Waals surface area contributed by atoms with Crippen LogP contribution in [0.25, 0.3) is 0 Å². The fourth-order valence-corrected chi connectivity index (χ4v) is 3.60. The van der Waals surface area contributed by atoms with Crippen molar-refractivity contribution in [1.82, 2.24) is 15.2 Å². The summed E-state index contributed by atoms with van der Waals surface area (Å²) in [5, 5.41) is 4.47. The van der Waals surface area contributed by atoms with Crippen molar-refractivity contribution in [3.05, 3.63) is 49.9 Å². The fraction of sp³-hybridized carbons (Fsp3) is 0.357. The van der Waals surface area contributed by atoms with E-state index < -0.39 is 0 Å². The van der Waals surface area contributed by atoms with Gasteiger partial charge in [0, 0.05) is 13.5 Å². The molecule has 21 heavy (non-hydrogen) atoms. The minimum Gasteiger partial charge on any atom is -0.271 e. The quantitative estimate of drug-likeness (QED) is 0.576. The van der Waals surface area contributed by atoms with Gasteiger partial charge in [-0.05, 0) is 49.9 Å². The topological polar surface area (TPSA) is 55.9 Å². The van der Waals surface area contributed by atoms with Gasteiger partial charge < -0.3 is 0 Å². The Balaban J connectivity index is 2.36. The van der Waals surface area contributed by atoms with Crippen molar-refractivity contribution >= 4 is 31.9 Å². The summed E-state index contributed by atoms with van der Waals surface area (Å²) in [4.78, 5) is 0. The van der Waals surface area contributed by atoms with Gasteiger partial charge in [-0.1, -0.05) is 19.1 Å². The summed E-state index contributed by atoms with van der Waals surface area (Å²) in [5.41, 5.74) is 5.56. The van der Waals surface area contributed by atoms with Crippen LogP contribution in [-0.4, -0.2) is 9.78 Å². The minimum absolute atomic E-state index is 0.216. The SMILES string of the molecule is CCc1nn(C)c(CC(NN)c2cccc(F)c2Br)c1Br. The molecule has 1 aromatic heterocycles. The molecule has 0 saturated carbocycles. The molecule has 0 bridgehead atoms. The molecule has 2 rings (SSSR count). The maximum Gasteiger partial charge on any atom is 0.137 e. The number of hydrazine groups is 1. The summed E-state index contributed by atoms with van der Waals surface area (Å²) in [6, 6.07) is 4.72.